The number of oxazole rings is 1. The fraction of sp³-hybridized carbons (Fsp3) is 0.529. The molecule has 0 bridgehead atoms. The van der Waals surface area contributed by atoms with E-state index in [0.29, 0.717) is 18.0 Å². The topological polar surface area (TPSA) is 59.2 Å². The van der Waals surface area contributed by atoms with Crippen molar-refractivity contribution in [2.75, 3.05) is 0 Å². The van der Waals surface area contributed by atoms with E-state index in [1.54, 1.807) is 20.0 Å². The van der Waals surface area contributed by atoms with Gasteiger partial charge >= 0.3 is 0 Å². The van der Waals surface area contributed by atoms with Gasteiger partial charge in [-0.1, -0.05) is 26.8 Å². The maximum atomic E-state index is 9.95. The normalized spacial score (nSPS) is 11.0. The van der Waals surface area contributed by atoms with Crippen molar-refractivity contribution in [2.24, 2.45) is 0 Å². The van der Waals surface area contributed by atoms with Gasteiger partial charge in [0.2, 0.25) is 0 Å². The molecule has 0 atom stereocenters. The molecule has 0 amide bonds. The molecule has 4 heteroatoms. The molecule has 0 aliphatic heterocycles. The summed E-state index contributed by atoms with van der Waals surface area (Å²) < 4.78 is 5.64. The number of nitrogens with zero attached hydrogens (tertiary/aromatic N) is 2. The SMILES string of the molecule is CC.CCCc1cnc(Cc2cccc(C(C)(C)O)n2)o1. The van der Waals surface area contributed by atoms with Crippen LogP contribution in [0.2, 0.25) is 0 Å². The number of aryl methyl sites for hydroxylation is 1. The molecule has 0 spiro atoms. The lowest BCUT2D eigenvalue weighted by Gasteiger charge is -2.16. The van der Waals surface area contributed by atoms with Crippen molar-refractivity contribution < 1.29 is 9.52 Å². The highest BCUT2D eigenvalue weighted by Gasteiger charge is 2.18. The summed E-state index contributed by atoms with van der Waals surface area (Å²) in [6.45, 7) is 9.56. The van der Waals surface area contributed by atoms with Crippen LogP contribution in [0.25, 0.3) is 0 Å². The minimum Gasteiger partial charge on any atom is -0.445 e. The summed E-state index contributed by atoms with van der Waals surface area (Å²) >= 11 is 0. The molecule has 21 heavy (non-hydrogen) atoms. The zero-order chi connectivity index (χ0) is 15.9. The van der Waals surface area contributed by atoms with Crippen LogP contribution in [0.1, 0.15) is 64.1 Å². The summed E-state index contributed by atoms with van der Waals surface area (Å²) in [4.78, 5) is 8.70. The van der Waals surface area contributed by atoms with Gasteiger partial charge in [-0.15, -0.1) is 0 Å². The highest BCUT2D eigenvalue weighted by Crippen LogP contribution is 2.18. The smallest absolute Gasteiger partial charge is 0.200 e. The maximum absolute atomic E-state index is 9.95. The average molecular weight is 290 g/mol. The minimum atomic E-state index is -0.931. The number of hydrogen-bond donors (Lipinski definition) is 1. The third-order valence-electron chi connectivity index (χ3n) is 2.86. The Hall–Kier alpha value is -1.68. The molecule has 0 unspecified atom stereocenters. The van der Waals surface area contributed by atoms with Crippen LogP contribution in [-0.4, -0.2) is 15.1 Å². The second-order valence-electron chi connectivity index (χ2n) is 5.22. The monoisotopic (exact) mass is 290 g/mol. The number of aliphatic hydroxyl groups is 1. The molecular formula is C17H26N2O2. The molecule has 0 saturated carbocycles. The molecule has 4 nitrogen and oxygen atoms in total. The molecule has 2 rings (SSSR count). The standard InChI is InChI=1S/C15H20N2O2.C2H6/c1-4-6-12-10-16-14(19-12)9-11-7-5-8-13(17-11)15(2,3)18;1-2/h5,7-8,10,18H,4,6,9H2,1-3H3;1-2H3. The lowest BCUT2D eigenvalue weighted by atomic mass is 10.0. The van der Waals surface area contributed by atoms with Crippen LogP contribution in [-0.2, 0) is 18.4 Å². The van der Waals surface area contributed by atoms with Crippen molar-refractivity contribution in [3.8, 4) is 0 Å². The Morgan fingerprint density at radius 3 is 2.57 bits per heavy atom. The van der Waals surface area contributed by atoms with E-state index in [4.69, 9.17) is 4.42 Å². The first-order chi connectivity index (χ1) is 9.99. The van der Waals surface area contributed by atoms with E-state index < -0.39 is 5.60 Å². The maximum Gasteiger partial charge on any atom is 0.200 e. The molecule has 0 aromatic carbocycles. The molecule has 2 heterocycles. The van der Waals surface area contributed by atoms with Crippen LogP contribution in [0.15, 0.2) is 28.8 Å². The first-order valence-electron chi connectivity index (χ1n) is 7.61. The van der Waals surface area contributed by atoms with Crippen molar-refractivity contribution >= 4 is 0 Å². The van der Waals surface area contributed by atoms with Crippen molar-refractivity contribution in [3.05, 3.63) is 47.4 Å². The summed E-state index contributed by atoms with van der Waals surface area (Å²) in [6, 6.07) is 5.63. The Morgan fingerprint density at radius 2 is 1.95 bits per heavy atom. The van der Waals surface area contributed by atoms with Gasteiger partial charge in [-0.25, -0.2) is 4.98 Å². The fourth-order valence-corrected chi connectivity index (χ4v) is 1.87. The molecule has 116 valence electrons. The molecule has 0 aliphatic rings. The molecule has 0 radical (unpaired) electrons. The Bertz CT molecular complexity index is 542. The van der Waals surface area contributed by atoms with Gasteiger partial charge < -0.3 is 9.52 Å². The lowest BCUT2D eigenvalue weighted by molar-refractivity contribution is 0.0736. The number of aromatic nitrogens is 2. The van der Waals surface area contributed by atoms with Crippen molar-refractivity contribution in [1.82, 2.24) is 9.97 Å². The average Bonchev–Trinajstić information content (AvgIpc) is 2.88. The predicted octanol–water partition coefficient (Wildman–Crippen LogP) is 3.87. The molecule has 2 aromatic rings. The van der Waals surface area contributed by atoms with E-state index in [9.17, 15) is 5.11 Å². The summed E-state index contributed by atoms with van der Waals surface area (Å²) in [5, 5.41) is 9.95. The highest BCUT2D eigenvalue weighted by molar-refractivity contribution is 5.18. The largest absolute Gasteiger partial charge is 0.445 e. The Balaban J connectivity index is 0.00000106. The van der Waals surface area contributed by atoms with Gasteiger partial charge in [-0.3, -0.25) is 4.98 Å². The number of hydrogen-bond acceptors (Lipinski definition) is 4. The van der Waals surface area contributed by atoms with Gasteiger partial charge in [-0.2, -0.15) is 0 Å². The summed E-state index contributed by atoms with van der Waals surface area (Å²) in [6.07, 6.45) is 4.28. The Morgan fingerprint density at radius 1 is 1.24 bits per heavy atom. The fourth-order valence-electron chi connectivity index (χ4n) is 1.87. The van der Waals surface area contributed by atoms with Crippen LogP contribution in [0, 0.1) is 0 Å². The summed E-state index contributed by atoms with van der Waals surface area (Å²) in [7, 11) is 0. The van der Waals surface area contributed by atoms with Crippen molar-refractivity contribution in [3.63, 3.8) is 0 Å². The second-order valence-corrected chi connectivity index (χ2v) is 5.22. The van der Waals surface area contributed by atoms with Gasteiger partial charge in [-0.05, 0) is 32.4 Å². The number of pyridine rings is 1. The van der Waals surface area contributed by atoms with Crippen LogP contribution in [0.3, 0.4) is 0 Å². The lowest BCUT2D eigenvalue weighted by Crippen LogP contribution is -2.18. The molecule has 0 aliphatic carbocycles. The van der Waals surface area contributed by atoms with Crippen LogP contribution < -0.4 is 0 Å². The number of rotatable bonds is 5. The molecule has 2 aromatic heterocycles. The first-order valence-corrected chi connectivity index (χ1v) is 7.61. The van der Waals surface area contributed by atoms with E-state index in [0.717, 1.165) is 24.3 Å². The van der Waals surface area contributed by atoms with Gasteiger partial charge in [0.05, 0.1) is 24.0 Å². The van der Waals surface area contributed by atoms with Crippen molar-refractivity contribution in [2.45, 2.75) is 59.5 Å². The third-order valence-corrected chi connectivity index (χ3v) is 2.86. The minimum absolute atomic E-state index is 0.549. The summed E-state index contributed by atoms with van der Waals surface area (Å²) in [5.41, 5.74) is 0.579. The van der Waals surface area contributed by atoms with E-state index in [1.165, 1.54) is 0 Å². The Labute approximate surface area is 127 Å². The van der Waals surface area contributed by atoms with Gasteiger partial charge in [0, 0.05) is 6.42 Å². The summed E-state index contributed by atoms with van der Waals surface area (Å²) in [5.74, 6) is 1.58. The Kier molecular flexibility index (Phi) is 6.56. The molecule has 0 fully saturated rings. The zero-order valence-electron chi connectivity index (χ0n) is 13.7. The van der Waals surface area contributed by atoms with Gasteiger partial charge in [0.1, 0.15) is 11.4 Å². The zero-order valence-corrected chi connectivity index (χ0v) is 13.7. The quantitative estimate of drug-likeness (QED) is 0.908. The van der Waals surface area contributed by atoms with E-state index in [1.807, 2.05) is 32.0 Å². The molecule has 0 saturated heterocycles. The highest BCUT2D eigenvalue weighted by atomic mass is 16.4. The van der Waals surface area contributed by atoms with E-state index in [-0.39, 0.29) is 0 Å². The van der Waals surface area contributed by atoms with Crippen LogP contribution >= 0.6 is 0 Å². The van der Waals surface area contributed by atoms with Crippen LogP contribution in [0.4, 0.5) is 0 Å². The third kappa shape index (κ3) is 5.31. The second kappa shape index (κ2) is 7.93. The first kappa shape index (κ1) is 17.4. The van der Waals surface area contributed by atoms with Crippen LogP contribution in [0.5, 0.6) is 0 Å². The van der Waals surface area contributed by atoms with E-state index in [2.05, 4.69) is 16.9 Å². The van der Waals surface area contributed by atoms with Crippen molar-refractivity contribution in [1.29, 1.82) is 0 Å². The predicted molar refractivity (Wildman–Crippen MR) is 84.1 cm³/mol. The van der Waals surface area contributed by atoms with E-state index >= 15 is 0 Å². The molecular weight excluding hydrogens is 264 g/mol. The van der Waals surface area contributed by atoms with Gasteiger partial charge in [0.25, 0.3) is 0 Å². The van der Waals surface area contributed by atoms with Gasteiger partial charge in [0.15, 0.2) is 5.89 Å². The molecule has 1 N–H and O–H groups in total.